The number of halogens is 1. The molecule has 0 aliphatic carbocycles. The van der Waals surface area contributed by atoms with Crippen LogP contribution < -0.4 is 4.90 Å². The van der Waals surface area contributed by atoms with Gasteiger partial charge in [-0.1, -0.05) is 69.2 Å². The van der Waals surface area contributed by atoms with Gasteiger partial charge in [0.1, 0.15) is 0 Å². The van der Waals surface area contributed by atoms with Gasteiger partial charge in [-0.3, -0.25) is 0 Å². The van der Waals surface area contributed by atoms with Crippen LogP contribution in [0.2, 0.25) is 0 Å². The van der Waals surface area contributed by atoms with Crippen LogP contribution in [0.4, 0.5) is 11.4 Å². The van der Waals surface area contributed by atoms with Crippen LogP contribution in [-0.4, -0.2) is 18.4 Å². The fourth-order valence-electron chi connectivity index (χ4n) is 3.52. The number of para-hydroxylation sites is 2. The van der Waals surface area contributed by atoms with Gasteiger partial charge in [0.2, 0.25) is 0 Å². The normalized spacial score (nSPS) is 17.7. The quantitative estimate of drug-likeness (QED) is 0.485. The molecule has 2 heterocycles. The van der Waals surface area contributed by atoms with Crippen LogP contribution in [0.15, 0.2) is 92.2 Å². The number of fused-ring (bicyclic) bond motifs is 2. The summed E-state index contributed by atoms with van der Waals surface area (Å²) < 4.78 is 1.07. The second-order valence-electron chi connectivity index (χ2n) is 6.62. The highest BCUT2D eigenvalue weighted by molar-refractivity contribution is 9.10. The molecule has 1 atom stereocenters. The average Bonchev–Trinajstić information content (AvgIpc) is 3.17. The molecule has 5 heteroatoms. The van der Waals surface area contributed by atoms with E-state index in [4.69, 9.17) is 4.84 Å². The molecule has 0 saturated heterocycles. The van der Waals surface area contributed by atoms with Crippen LogP contribution in [-0.2, 0) is 4.84 Å². The average molecular weight is 437 g/mol. The summed E-state index contributed by atoms with van der Waals surface area (Å²) in [7, 11) is 0. The second kappa shape index (κ2) is 7.06. The minimum absolute atomic E-state index is 0.0351. The molecule has 0 saturated carbocycles. The van der Waals surface area contributed by atoms with Gasteiger partial charge in [0.05, 0.1) is 23.6 Å². The van der Waals surface area contributed by atoms with E-state index in [1.54, 1.807) is 0 Å². The molecule has 2 aliphatic rings. The third kappa shape index (κ3) is 3.26. The summed E-state index contributed by atoms with van der Waals surface area (Å²) in [5.41, 5.74) is 4.61. The fourth-order valence-corrected chi connectivity index (χ4v) is 4.88. The van der Waals surface area contributed by atoms with E-state index in [-0.39, 0.29) is 6.10 Å². The topological polar surface area (TPSA) is 24.8 Å². The zero-order chi connectivity index (χ0) is 18.2. The van der Waals surface area contributed by atoms with E-state index in [0.717, 1.165) is 28.7 Å². The molecular formula is C22H17BrN2OS. The Balaban J connectivity index is 1.40. The van der Waals surface area contributed by atoms with Crippen LogP contribution in [0.1, 0.15) is 12.0 Å². The lowest BCUT2D eigenvalue weighted by atomic mass is 10.0. The van der Waals surface area contributed by atoms with Gasteiger partial charge >= 0.3 is 0 Å². The fraction of sp³-hybridized carbons (Fsp3) is 0.136. The molecule has 3 aromatic rings. The molecule has 0 aromatic heterocycles. The van der Waals surface area contributed by atoms with Crippen molar-refractivity contribution in [3.05, 3.63) is 82.8 Å². The van der Waals surface area contributed by atoms with E-state index in [0.29, 0.717) is 0 Å². The summed E-state index contributed by atoms with van der Waals surface area (Å²) in [6, 6.07) is 25.4. The van der Waals surface area contributed by atoms with Gasteiger partial charge in [0, 0.05) is 20.7 Å². The van der Waals surface area contributed by atoms with Crippen molar-refractivity contribution in [1.82, 2.24) is 0 Å². The molecule has 1 unspecified atom stereocenters. The van der Waals surface area contributed by atoms with Gasteiger partial charge in [-0.15, -0.1) is 0 Å². The Hall–Kier alpha value is -2.24. The van der Waals surface area contributed by atoms with Gasteiger partial charge in [-0.2, -0.15) is 0 Å². The Morgan fingerprint density at radius 3 is 2.22 bits per heavy atom. The van der Waals surface area contributed by atoms with Crippen molar-refractivity contribution < 1.29 is 4.84 Å². The second-order valence-corrected chi connectivity index (χ2v) is 8.62. The monoisotopic (exact) mass is 436 g/mol. The van der Waals surface area contributed by atoms with Gasteiger partial charge in [0.25, 0.3) is 0 Å². The summed E-state index contributed by atoms with van der Waals surface area (Å²) >= 11 is 5.31. The highest BCUT2D eigenvalue weighted by Gasteiger charge is 2.29. The lowest BCUT2D eigenvalue weighted by molar-refractivity contribution is 0.0917. The first kappa shape index (κ1) is 16.9. The standard InChI is InChI=1S/C22H17BrN2OS/c23-16-11-9-15(10-12-16)18-13-17(26-24-18)14-25-19-5-1-3-7-21(19)27-22-8-4-2-6-20(22)25/h1-12,17H,13-14H2. The van der Waals surface area contributed by atoms with Gasteiger partial charge < -0.3 is 9.74 Å². The molecule has 3 aromatic carbocycles. The smallest absolute Gasteiger partial charge is 0.151 e. The number of rotatable bonds is 3. The number of benzene rings is 3. The van der Waals surface area contributed by atoms with E-state index >= 15 is 0 Å². The molecule has 5 rings (SSSR count). The maximum atomic E-state index is 5.81. The van der Waals surface area contributed by atoms with Gasteiger partial charge in [-0.25, -0.2) is 0 Å². The maximum Gasteiger partial charge on any atom is 0.151 e. The molecule has 0 radical (unpaired) electrons. The Bertz CT molecular complexity index is 973. The largest absolute Gasteiger partial charge is 0.390 e. The maximum absolute atomic E-state index is 5.81. The van der Waals surface area contributed by atoms with Crippen molar-refractivity contribution in [3.63, 3.8) is 0 Å². The Labute approximate surface area is 171 Å². The molecule has 0 bridgehead atoms. The van der Waals surface area contributed by atoms with Crippen molar-refractivity contribution in [2.24, 2.45) is 5.16 Å². The number of hydrogen-bond donors (Lipinski definition) is 0. The van der Waals surface area contributed by atoms with Crippen LogP contribution >= 0.6 is 27.7 Å². The molecule has 134 valence electrons. The minimum Gasteiger partial charge on any atom is -0.390 e. The molecule has 2 aliphatic heterocycles. The molecule has 3 nitrogen and oxygen atoms in total. The summed E-state index contributed by atoms with van der Waals surface area (Å²) in [6.45, 7) is 0.776. The predicted molar refractivity (Wildman–Crippen MR) is 114 cm³/mol. The predicted octanol–water partition coefficient (Wildman–Crippen LogP) is 6.25. The molecule has 0 spiro atoms. The van der Waals surface area contributed by atoms with E-state index in [1.807, 2.05) is 23.9 Å². The zero-order valence-corrected chi connectivity index (χ0v) is 16.9. The first-order chi connectivity index (χ1) is 13.3. The SMILES string of the molecule is Brc1ccc(C2=NOC(CN3c4ccccc4Sc4ccccc43)C2)cc1. The molecular weight excluding hydrogens is 420 g/mol. The van der Waals surface area contributed by atoms with Crippen LogP contribution in [0.25, 0.3) is 0 Å². The van der Waals surface area contributed by atoms with Crippen molar-refractivity contribution >= 4 is 44.8 Å². The summed E-state index contributed by atoms with van der Waals surface area (Å²) in [5, 5.41) is 4.36. The molecule has 27 heavy (non-hydrogen) atoms. The van der Waals surface area contributed by atoms with Crippen LogP contribution in [0.3, 0.4) is 0 Å². The number of oxime groups is 1. The Morgan fingerprint density at radius 1 is 0.926 bits per heavy atom. The molecule has 0 fully saturated rings. The van der Waals surface area contributed by atoms with Crippen LogP contribution in [0, 0.1) is 0 Å². The van der Waals surface area contributed by atoms with E-state index in [2.05, 4.69) is 86.6 Å². The van der Waals surface area contributed by atoms with Crippen molar-refractivity contribution in [2.45, 2.75) is 22.3 Å². The molecule has 0 N–H and O–H groups in total. The van der Waals surface area contributed by atoms with E-state index < -0.39 is 0 Å². The third-order valence-electron chi connectivity index (χ3n) is 4.83. The van der Waals surface area contributed by atoms with Crippen molar-refractivity contribution in [3.8, 4) is 0 Å². The van der Waals surface area contributed by atoms with Gasteiger partial charge in [0.15, 0.2) is 6.10 Å². The summed E-state index contributed by atoms with van der Waals surface area (Å²) in [4.78, 5) is 10.7. The Morgan fingerprint density at radius 2 is 1.56 bits per heavy atom. The molecule has 0 amide bonds. The summed E-state index contributed by atoms with van der Waals surface area (Å²) in [5.74, 6) is 0. The first-order valence-corrected chi connectivity index (χ1v) is 10.5. The van der Waals surface area contributed by atoms with Crippen LogP contribution in [0.5, 0.6) is 0 Å². The minimum atomic E-state index is 0.0351. The van der Waals surface area contributed by atoms with Gasteiger partial charge in [-0.05, 0) is 42.0 Å². The van der Waals surface area contributed by atoms with Crippen molar-refractivity contribution in [2.75, 3.05) is 11.4 Å². The zero-order valence-electron chi connectivity index (χ0n) is 14.5. The summed E-state index contributed by atoms with van der Waals surface area (Å²) in [6.07, 6.45) is 0.850. The Kier molecular flexibility index (Phi) is 4.42. The van der Waals surface area contributed by atoms with Crippen molar-refractivity contribution in [1.29, 1.82) is 0 Å². The lowest BCUT2D eigenvalue weighted by Gasteiger charge is -2.33. The van der Waals surface area contributed by atoms with E-state index in [9.17, 15) is 0 Å². The van der Waals surface area contributed by atoms with E-state index in [1.165, 1.54) is 21.2 Å². The number of anilines is 2. The highest BCUT2D eigenvalue weighted by atomic mass is 79.9. The third-order valence-corrected chi connectivity index (χ3v) is 6.49. The highest BCUT2D eigenvalue weighted by Crippen LogP contribution is 2.48. The first-order valence-electron chi connectivity index (χ1n) is 8.90. The number of nitrogens with zero attached hydrogens (tertiary/aromatic N) is 2. The number of hydrogen-bond acceptors (Lipinski definition) is 4. The lowest BCUT2D eigenvalue weighted by Crippen LogP contribution is -2.30.